The Labute approximate surface area is 153 Å². The molecule has 0 bridgehead atoms. The molecule has 4 rings (SSSR count). The fourth-order valence-electron chi connectivity index (χ4n) is 3.35. The second-order valence-corrected chi connectivity index (χ2v) is 8.75. The van der Waals surface area contributed by atoms with Gasteiger partial charge in [-0.05, 0) is 53.3 Å². The van der Waals surface area contributed by atoms with Crippen LogP contribution in [0.1, 0.15) is 51.6 Å². The molecule has 134 valence electrons. The van der Waals surface area contributed by atoms with Crippen molar-refractivity contribution in [2.24, 2.45) is 0 Å². The molecule has 4 nitrogen and oxygen atoms in total. The molecular formula is C22H25N3O. The molecule has 3 aromatic heterocycles. The number of benzene rings is 1. The van der Waals surface area contributed by atoms with Gasteiger partial charge in [-0.3, -0.25) is 0 Å². The van der Waals surface area contributed by atoms with Gasteiger partial charge in [0.05, 0.1) is 5.52 Å². The summed E-state index contributed by atoms with van der Waals surface area (Å²) in [5.41, 5.74) is 5.40. The Hall–Kier alpha value is -2.62. The molecule has 1 aromatic carbocycles. The molecule has 3 heterocycles. The summed E-state index contributed by atoms with van der Waals surface area (Å²) in [6.45, 7) is 10.9. The van der Waals surface area contributed by atoms with Gasteiger partial charge in [-0.25, -0.2) is 9.50 Å². The zero-order chi connectivity index (χ0) is 18.5. The Morgan fingerprint density at radius 1 is 1.00 bits per heavy atom. The Balaban J connectivity index is 1.66. The van der Waals surface area contributed by atoms with Crippen LogP contribution in [0.25, 0.3) is 16.6 Å². The topological polar surface area (TPSA) is 43.3 Å². The molecule has 0 spiro atoms. The van der Waals surface area contributed by atoms with Crippen molar-refractivity contribution in [2.75, 3.05) is 0 Å². The van der Waals surface area contributed by atoms with Gasteiger partial charge in [0.25, 0.3) is 0 Å². The van der Waals surface area contributed by atoms with E-state index in [1.165, 1.54) is 11.1 Å². The predicted octanol–water partition coefficient (Wildman–Crippen LogP) is 5.29. The summed E-state index contributed by atoms with van der Waals surface area (Å²) in [5.74, 6) is 0.787. The Kier molecular flexibility index (Phi) is 3.69. The van der Waals surface area contributed by atoms with Crippen molar-refractivity contribution in [2.45, 2.75) is 51.9 Å². The number of nitrogens with zero attached hydrogens (tertiary/aromatic N) is 3. The average Bonchev–Trinajstić information content (AvgIpc) is 3.19. The monoisotopic (exact) mass is 347 g/mol. The summed E-state index contributed by atoms with van der Waals surface area (Å²) in [6, 6.07) is 12.8. The standard InChI is InChI=1S/C22H25N3O/c1-21(2,3)20-24-18-7-6-15(12-19(18)26-20)14-22(4,5)16-9-11-25-17(13-16)8-10-23-25/h6-13H,14H2,1-5H3. The Morgan fingerprint density at radius 3 is 2.58 bits per heavy atom. The van der Waals surface area contributed by atoms with E-state index in [4.69, 9.17) is 4.42 Å². The fraction of sp³-hybridized carbons (Fsp3) is 0.364. The third-order valence-corrected chi connectivity index (χ3v) is 4.92. The summed E-state index contributed by atoms with van der Waals surface area (Å²) in [6.07, 6.45) is 4.79. The molecule has 0 saturated heterocycles. The van der Waals surface area contributed by atoms with Crippen LogP contribution in [0.15, 0.2) is 53.2 Å². The summed E-state index contributed by atoms with van der Waals surface area (Å²) >= 11 is 0. The molecule has 26 heavy (non-hydrogen) atoms. The van der Waals surface area contributed by atoms with Gasteiger partial charge in [0.15, 0.2) is 5.58 Å². The smallest absolute Gasteiger partial charge is 0.200 e. The molecule has 0 aliphatic heterocycles. The van der Waals surface area contributed by atoms with E-state index in [2.05, 4.69) is 75.0 Å². The molecule has 0 aliphatic carbocycles. The molecule has 0 atom stereocenters. The van der Waals surface area contributed by atoms with Crippen LogP contribution in [0.2, 0.25) is 0 Å². The Bertz CT molecular complexity index is 1080. The van der Waals surface area contributed by atoms with Crippen LogP contribution in [0.3, 0.4) is 0 Å². The van der Waals surface area contributed by atoms with Crippen molar-refractivity contribution < 1.29 is 4.42 Å². The molecule has 0 unspecified atom stereocenters. The van der Waals surface area contributed by atoms with Crippen molar-refractivity contribution in [3.05, 3.63) is 65.8 Å². The van der Waals surface area contributed by atoms with E-state index in [1.807, 2.05) is 23.0 Å². The fourth-order valence-corrected chi connectivity index (χ4v) is 3.35. The lowest BCUT2D eigenvalue weighted by atomic mass is 9.79. The predicted molar refractivity (Wildman–Crippen MR) is 105 cm³/mol. The lowest BCUT2D eigenvalue weighted by molar-refractivity contribution is 0.410. The largest absolute Gasteiger partial charge is 0.440 e. The van der Waals surface area contributed by atoms with E-state index in [9.17, 15) is 0 Å². The summed E-state index contributed by atoms with van der Waals surface area (Å²) in [7, 11) is 0. The maximum atomic E-state index is 6.02. The highest BCUT2D eigenvalue weighted by Crippen LogP contribution is 2.31. The van der Waals surface area contributed by atoms with Gasteiger partial charge in [0, 0.05) is 17.8 Å². The van der Waals surface area contributed by atoms with Crippen molar-refractivity contribution in [3.63, 3.8) is 0 Å². The maximum Gasteiger partial charge on any atom is 0.200 e. The number of hydrogen-bond acceptors (Lipinski definition) is 3. The minimum atomic E-state index is -0.0842. The molecule has 4 heteroatoms. The van der Waals surface area contributed by atoms with Crippen LogP contribution in [-0.4, -0.2) is 14.6 Å². The summed E-state index contributed by atoms with van der Waals surface area (Å²) in [4.78, 5) is 4.63. The SMILES string of the molecule is CC(C)(C)c1nc2ccc(CC(C)(C)c3ccn4nccc4c3)cc2o1. The normalized spacial score (nSPS) is 13.0. The van der Waals surface area contributed by atoms with E-state index in [0.29, 0.717) is 0 Å². The average molecular weight is 347 g/mol. The van der Waals surface area contributed by atoms with Crippen LogP contribution < -0.4 is 0 Å². The second kappa shape index (κ2) is 5.70. The van der Waals surface area contributed by atoms with Crippen LogP contribution in [0.4, 0.5) is 0 Å². The molecule has 0 amide bonds. The van der Waals surface area contributed by atoms with Crippen molar-refractivity contribution in [1.29, 1.82) is 0 Å². The van der Waals surface area contributed by atoms with E-state index < -0.39 is 0 Å². The van der Waals surface area contributed by atoms with Crippen LogP contribution >= 0.6 is 0 Å². The van der Waals surface area contributed by atoms with E-state index in [0.717, 1.165) is 28.9 Å². The Morgan fingerprint density at radius 2 is 1.81 bits per heavy atom. The van der Waals surface area contributed by atoms with Crippen molar-refractivity contribution in [3.8, 4) is 0 Å². The van der Waals surface area contributed by atoms with E-state index in [1.54, 1.807) is 0 Å². The minimum Gasteiger partial charge on any atom is -0.440 e. The van der Waals surface area contributed by atoms with Gasteiger partial charge in [-0.15, -0.1) is 0 Å². The number of rotatable bonds is 3. The molecule has 0 aliphatic rings. The molecular weight excluding hydrogens is 322 g/mol. The molecule has 0 radical (unpaired) electrons. The van der Waals surface area contributed by atoms with Gasteiger partial charge in [-0.2, -0.15) is 5.10 Å². The van der Waals surface area contributed by atoms with Gasteiger partial charge < -0.3 is 4.42 Å². The highest BCUT2D eigenvalue weighted by Gasteiger charge is 2.24. The summed E-state index contributed by atoms with van der Waals surface area (Å²) in [5, 5.41) is 4.28. The van der Waals surface area contributed by atoms with Crippen LogP contribution in [-0.2, 0) is 17.3 Å². The number of aromatic nitrogens is 3. The van der Waals surface area contributed by atoms with Crippen molar-refractivity contribution >= 4 is 16.6 Å². The molecule has 0 fully saturated rings. The molecule has 0 N–H and O–H groups in total. The first-order valence-electron chi connectivity index (χ1n) is 9.06. The third-order valence-electron chi connectivity index (χ3n) is 4.92. The summed E-state index contributed by atoms with van der Waals surface area (Å²) < 4.78 is 7.91. The lowest BCUT2D eigenvalue weighted by Crippen LogP contribution is -2.20. The van der Waals surface area contributed by atoms with Gasteiger partial charge in [-0.1, -0.05) is 40.7 Å². The maximum absolute atomic E-state index is 6.02. The van der Waals surface area contributed by atoms with E-state index in [-0.39, 0.29) is 10.8 Å². The number of pyridine rings is 1. The first-order valence-corrected chi connectivity index (χ1v) is 9.06. The van der Waals surface area contributed by atoms with Crippen LogP contribution in [0, 0.1) is 0 Å². The third kappa shape index (κ3) is 3.00. The number of hydrogen-bond donors (Lipinski definition) is 0. The number of fused-ring (bicyclic) bond motifs is 2. The van der Waals surface area contributed by atoms with Crippen LogP contribution in [0.5, 0.6) is 0 Å². The minimum absolute atomic E-state index is 0.00652. The quantitative estimate of drug-likeness (QED) is 0.505. The highest BCUT2D eigenvalue weighted by atomic mass is 16.3. The van der Waals surface area contributed by atoms with Crippen molar-refractivity contribution in [1.82, 2.24) is 14.6 Å². The van der Waals surface area contributed by atoms with E-state index >= 15 is 0 Å². The highest BCUT2D eigenvalue weighted by molar-refractivity contribution is 5.73. The lowest BCUT2D eigenvalue weighted by Gasteiger charge is -2.25. The second-order valence-electron chi connectivity index (χ2n) is 8.75. The van der Waals surface area contributed by atoms with Gasteiger partial charge >= 0.3 is 0 Å². The van der Waals surface area contributed by atoms with Gasteiger partial charge in [0.2, 0.25) is 5.89 Å². The zero-order valence-electron chi connectivity index (χ0n) is 16.1. The first kappa shape index (κ1) is 16.8. The molecule has 0 saturated carbocycles. The first-order chi connectivity index (χ1) is 12.2. The molecule has 4 aromatic rings. The number of oxazole rings is 1. The van der Waals surface area contributed by atoms with Gasteiger partial charge in [0.1, 0.15) is 5.52 Å². The zero-order valence-corrected chi connectivity index (χ0v) is 16.1.